The van der Waals surface area contributed by atoms with Crippen LogP contribution < -0.4 is 10.6 Å². The molecule has 1 fully saturated rings. The number of aromatic nitrogens is 1. The van der Waals surface area contributed by atoms with Gasteiger partial charge in [-0.1, -0.05) is 6.07 Å². The predicted octanol–water partition coefficient (Wildman–Crippen LogP) is 1.85. The molecule has 1 atom stereocenters. The van der Waals surface area contributed by atoms with Gasteiger partial charge in [-0.15, -0.1) is 0 Å². The molecular formula is C14H23N3O. The summed E-state index contributed by atoms with van der Waals surface area (Å²) < 4.78 is 5.93. The Morgan fingerprint density at radius 3 is 2.83 bits per heavy atom. The third-order valence-electron chi connectivity index (χ3n) is 3.18. The summed E-state index contributed by atoms with van der Waals surface area (Å²) in [7, 11) is 0. The number of morpholine rings is 1. The first-order valence-corrected chi connectivity index (χ1v) is 6.50. The molecule has 100 valence electrons. The lowest BCUT2D eigenvalue weighted by Crippen LogP contribution is -2.52. The lowest BCUT2D eigenvalue weighted by atomic mass is 10.0. The minimum absolute atomic E-state index is 0.144. The maximum absolute atomic E-state index is 5.93. The summed E-state index contributed by atoms with van der Waals surface area (Å²) >= 11 is 0. The zero-order chi connectivity index (χ0) is 13.3. The molecule has 0 amide bonds. The van der Waals surface area contributed by atoms with E-state index in [-0.39, 0.29) is 11.7 Å². The number of hydrogen-bond donors (Lipinski definition) is 1. The van der Waals surface area contributed by atoms with E-state index in [1.807, 2.05) is 13.0 Å². The molecule has 2 rings (SSSR count). The fourth-order valence-corrected chi connectivity index (χ4v) is 2.62. The van der Waals surface area contributed by atoms with E-state index in [1.165, 1.54) is 0 Å². The van der Waals surface area contributed by atoms with E-state index >= 15 is 0 Å². The molecule has 1 saturated heterocycles. The van der Waals surface area contributed by atoms with Crippen molar-refractivity contribution in [3.63, 3.8) is 0 Å². The van der Waals surface area contributed by atoms with Gasteiger partial charge in [0.25, 0.3) is 0 Å². The number of ether oxygens (including phenoxy) is 1. The van der Waals surface area contributed by atoms with Gasteiger partial charge in [0.1, 0.15) is 5.82 Å². The van der Waals surface area contributed by atoms with Crippen LogP contribution in [0, 0.1) is 6.92 Å². The largest absolute Gasteiger partial charge is 0.369 e. The van der Waals surface area contributed by atoms with E-state index in [2.05, 4.69) is 36.7 Å². The first-order valence-electron chi connectivity index (χ1n) is 6.50. The van der Waals surface area contributed by atoms with Crippen molar-refractivity contribution >= 4 is 5.82 Å². The average Bonchev–Trinajstić information content (AvgIpc) is 2.26. The van der Waals surface area contributed by atoms with Crippen molar-refractivity contribution in [3.8, 4) is 0 Å². The van der Waals surface area contributed by atoms with Crippen molar-refractivity contribution < 1.29 is 4.74 Å². The summed E-state index contributed by atoms with van der Waals surface area (Å²) in [5.41, 5.74) is 7.80. The number of anilines is 1. The SMILES string of the molecule is Cc1ccc(CN)c(N2CC(C)OC(C)(C)C2)n1. The van der Waals surface area contributed by atoms with Gasteiger partial charge >= 0.3 is 0 Å². The van der Waals surface area contributed by atoms with Gasteiger partial charge in [0, 0.05) is 30.9 Å². The van der Waals surface area contributed by atoms with Gasteiger partial charge in [0.2, 0.25) is 0 Å². The highest BCUT2D eigenvalue weighted by Crippen LogP contribution is 2.27. The first-order chi connectivity index (χ1) is 8.41. The molecule has 0 bridgehead atoms. The number of rotatable bonds is 2. The fraction of sp³-hybridized carbons (Fsp3) is 0.643. The lowest BCUT2D eigenvalue weighted by molar-refractivity contribution is -0.0752. The predicted molar refractivity (Wildman–Crippen MR) is 73.7 cm³/mol. The molecule has 0 aliphatic carbocycles. The highest BCUT2D eigenvalue weighted by Gasteiger charge is 2.32. The quantitative estimate of drug-likeness (QED) is 0.869. The van der Waals surface area contributed by atoms with E-state index in [4.69, 9.17) is 10.5 Å². The van der Waals surface area contributed by atoms with Crippen LogP contribution >= 0.6 is 0 Å². The van der Waals surface area contributed by atoms with Gasteiger partial charge in [-0.3, -0.25) is 0 Å². The van der Waals surface area contributed by atoms with Gasteiger partial charge in [-0.2, -0.15) is 0 Å². The molecule has 18 heavy (non-hydrogen) atoms. The van der Waals surface area contributed by atoms with Crippen molar-refractivity contribution in [2.75, 3.05) is 18.0 Å². The smallest absolute Gasteiger partial charge is 0.133 e. The van der Waals surface area contributed by atoms with Crippen LogP contribution in [0.1, 0.15) is 32.0 Å². The third kappa shape index (κ3) is 2.82. The highest BCUT2D eigenvalue weighted by atomic mass is 16.5. The molecule has 0 saturated carbocycles. The molecule has 4 nitrogen and oxygen atoms in total. The van der Waals surface area contributed by atoms with Crippen LogP contribution in [0.4, 0.5) is 5.82 Å². The topological polar surface area (TPSA) is 51.4 Å². The molecular weight excluding hydrogens is 226 g/mol. The van der Waals surface area contributed by atoms with Gasteiger partial charge in [0.15, 0.2) is 0 Å². The van der Waals surface area contributed by atoms with Crippen LogP contribution in [0.15, 0.2) is 12.1 Å². The van der Waals surface area contributed by atoms with Crippen LogP contribution in [0.2, 0.25) is 0 Å². The molecule has 0 spiro atoms. The monoisotopic (exact) mass is 249 g/mol. The van der Waals surface area contributed by atoms with Crippen molar-refractivity contribution in [1.29, 1.82) is 0 Å². The normalized spacial score (nSPS) is 23.2. The summed E-state index contributed by atoms with van der Waals surface area (Å²) in [6, 6.07) is 4.09. The Balaban J connectivity index is 2.32. The Morgan fingerprint density at radius 2 is 2.22 bits per heavy atom. The number of hydrogen-bond acceptors (Lipinski definition) is 4. The van der Waals surface area contributed by atoms with Gasteiger partial charge in [0.05, 0.1) is 11.7 Å². The molecule has 1 unspecified atom stereocenters. The summed E-state index contributed by atoms with van der Waals surface area (Å²) in [4.78, 5) is 6.95. The minimum Gasteiger partial charge on any atom is -0.369 e. The van der Waals surface area contributed by atoms with Gasteiger partial charge in [-0.05, 0) is 33.8 Å². The third-order valence-corrected chi connectivity index (χ3v) is 3.18. The Bertz CT molecular complexity index is 431. The van der Waals surface area contributed by atoms with E-state index in [9.17, 15) is 0 Å². The lowest BCUT2D eigenvalue weighted by Gasteiger charge is -2.42. The van der Waals surface area contributed by atoms with Crippen LogP contribution in [0.3, 0.4) is 0 Å². The zero-order valence-electron chi connectivity index (χ0n) is 11.7. The van der Waals surface area contributed by atoms with E-state index in [0.29, 0.717) is 6.54 Å². The van der Waals surface area contributed by atoms with Crippen LogP contribution in [0.25, 0.3) is 0 Å². The highest BCUT2D eigenvalue weighted by molar-refractivity contribution is 5.48. The van der Waals surface area contributed by atoms with Crippen LogP contribution in [-0.4, -0.2) is 29.8 Å². The van der Waals surface area contributed by atoms with Crippen LogP contribution in [-0.2, 0) is 11.3 Å². The van der Waals surface area contributed by atoms with Crippen molar-refractivity contribution in [1.82, 2.24) is 4.98 Å². The van der Waals surface area contributed by atoms with Crippen molar-refractivity contribution in [2.24, 2.45) is 5.73 Å². The molecule has 1 aromatic rings. The number of nitrogens with two attached hydrogens (primary N) is 1. The summed E-state index contributed by atoms with van der Waals surface area (Å²) in [5, 5.41) is 0. The zero-order valence-corrected chi connectivity index (χ0v) is 11.7. The summed E-state index contributed by atoms with van der Waals surface area (Å²) in [6.07, 6.45) is 0.210. The molecule has 1 aliphatic heterocycles. The number of nitrogens with zero attached hydrogens (tertiary/aromatic N) is 2. The second-order valence-electron chi connectivity index (χ2n) is 5.71. The van der Waals surface area contributed by atoms with Crippen molar-refractivity contribution in [3.05, 3.63) is 23.4 Å². The molecule has 0 aromatic carbocycles. The molecule has 1 aliphatic rings. The summed E-state index contributed by atoms with van der Waals surface area (Å²) in [6.45, 7) is 10.6. The first kappa shape index (κ1) is 13.3. The molecule has 2 N–H and O–H groups in total. The Kier molecular flexibility index (Phi) is 3.59. The second-order valence-corrected chi connectivity index (χ2v) is 5.71. The van der Waals surface area contributed by atoms with E-state index in [1.54, 1.807) is 0 Å². The fourth-order valence-electron chi connectivity index (χ4n) is 2.62. The maximum atomic E-state index is 5.93. The summed E-state index contributed by atoms with van der Waals surface area (Å²) in [5.74, 6) is 1.01. The second kappa shape index (κ2) is 4.86. The standard InChI is InChI=1S/C14H23N3O/c1-10-5-6-12(7-15)13(16-10)17-8-11(2)18-14(3,4)9-17/h5-6,11H,7-9,15H2,1-4H3. The van der Waals surface area contributed by atoms with E-state index in [0.717, 1.165) is 30.2 Å². The van der Waals surface area contributed by atoms with Crippen molar-refractivity contribution in [2.45, 2.75) is 45.9 Å². The molecule has 0 radical (unpaired) electrons. The molecule has 4 heteroatoms. The minimum atomic E-state index is -0.144. The van der Waals surface area contributed by atoms with Gasteiger partial charge in [-0.25, -0.2) is 4.98 Å². The average molecular weight is 249 g/mol. The Hall–Kier alpha value is -1.13. The number of aryl methyl sites for hydroxylation is 1. The molecule has 1 aromatic heterocycles. The van der Waals surface area contributed by atoms with Gasteiger partial charge < -0.3 is 15.4 Å². The Labute approximate surface area is 109 Å². The van der Waals surface area contributed by atoms with E-state index < -0.39 is 0 Å². The molecule has 2 heterocycles. The maximum Gasteiger partial charge on any atom is 0.133 e. The Morgan fingerprint density at radius 1 is 1.50 bits per heavy atom. The van der Waals surface area contributed by atoms with Crippen LogP contribution in [0.5, 0.6) is 0 Å². The number of pyridine rings is 1.